The monoisotopic (exact) mass is 401 g/mol. The molecule has 1 aromatic carbocycles. The lowest BCUT2D eigenvalue weighted by Gasteiger charge is -2.29. The maximum absolute atomic E-state index is 14.4. The number of thioether (sulfide) groups is 1. The van der Waals surface area contributed by atoms with Crippen molar-refractivity contribution in [2.75, 3.05) is 23.7 Å². The van der Waals surface area contributed by atoms with Gasteiger partial charge in [-0.1, -0.05) is 17.8 Å². The van der Waals surface area contributed by atoms with E-state index in [0.29, 0.717) is 16.4 Å². The first kappa shape index (κ1) is 20.3. The van der Waals surface area contributed by atoms with Crippen LogP contribution in [-0.4, -0.2) is 40.9 Å². The Kier molecular flexibility index (Phi) is 6.97. The second kappa shape index (κ2) is 9.64. The number of anilines is 1. The van der Waals surface area contributed by atoms with E-state index in [1.54, 1.807) is 12.1 Å². The summed E-state index contributed by atoms with van der Waals surface area (Å²) in [7, 11) is 0. The number of rotatable bonds is 6. The van der Waals surface area contributed by atoms with E-state index in [-0.39, 0.29) is 17.5 Å². The molecule has 3 rings (SSSR count). The van der Waals surface area contributed by atoms with E-state index in [1.165, 1.54) is 30.5 Å². The number of nitrogens with zero attached hydrogens (tertiary/aromatic N) is 4. The summed E-state index contributed by atoms with van der Waals surface area (Å²) in [5.74, 6) is -0.378. The summed E-state index contributed by atoms with van der Waals surface area (Å²) < 4.78 is 14.4. The largest absolute Gasteiger partial charge is 0.369 e. The van der Waals surface area contributed by atoms with E-state index in [1.807, 2.05) is 19.9 Å². The molecule has 1 aliphatic heterocycles. The number of hydrazone groups is 1. The van der Waals surface area contributed by atoms with Crippen molar-refractivity contribution in [1.29, 1.82) is 0 Å². The van der Waals surface area contributed by atoms with Crippen LogP contribution < -0.4 is 10.3 Å². The molecule has 28 heavy (non-hydrogen) atoms. The van der Waals surface area contributed by atoms with Gasteiger partial charge in [-0.2, -0.15) is 5.10 Å². The summed E-state index contributed by atoms with van der Waals surface area (Å²) in [6.45, 7) is 5.56. The van der Waals surface area contributed by atoms with Crippen molar-refractivity contribution in [3.63, 3.8) is 0 Å². The van der Waals surface area contributed by atoms with Crippen molar-refractivity contribution in [3.05, 3.63) is 47.0 Å². The molecule has 1 fully saturated rings. The first-order chi connectivity index (χ1) is 13.5. The summed E-state index contributed by atoms with van der Waals surface area (Å²) >= 11 is 1.25. The normalized spacial score (nSPS) is 14.5. The van der Waals surface area contributed by atoms with Crippen LogP contribution in [-0.2, 0) is 4.79 Å². The van der Waals surface area contributed by atoms with Crippen LogP contribution >= 0.6 is 11.8 Å². The molecular weight excluding hydrogens is 377 g/mol. The van der Waals surface area contributed by atoms with E-state index in [2.05, 4.69) is 25.4 Å². The highest BCUT2D eigenvalue weighted by Crippen LogP contribution is 2.23. The topological polar surface area (TPSA) is 70.5 Å². The number of hydrogen-bond acceptors (Lipinski definition) is 6. The van der Waals surface area contributed by atoms with Crippen LogP contribution in [0.1, 0.15) is 36.2 Å². The smallest absolute Gasteiger partial charge is 0.250 e. The highest BCUT2D eigenvalue weighted by molar-refractivity contribution is 7.99. The number of hydrogen-bond donors (Lipinski definition) is 1. The molecule has 0 spiro atoms. The van der Waals surface area contributed by atoms with Crippen molar-refractivity contribution in [2.45, 2.75) is 38.3 Å². The summed E-state index contributed by atoms with van der Waals surface area (Å²) in [5, 5.41) is 4.48. The molecule has 0 aliphatic carbocycles. The molecule has 2 heterocycles. The number of aryl methyl sites for hydroxylation is 2. The maximum Gasteiger partial charge on any atom is 0.250 e. The molecule has 0 radical (unpaired) electrons. The zero-order valence-corrected chi connectivity index (χ0v) is 16.9. The number of carbonyl (C=O) groups is 1. The fraction of sp³-hybridized carbons (Fsp3) is 0.400. The van der Waals surface area contributed by atoms with Crippen molar-refractivity contribution in [3.8, 4) is 0 Å². The van der Waals surface area contributed by atoms with Gasteiger partial charge in [-0.3, -0.25) is 4.79 Å². The molecule has 6 nitrogen and oxygen atoms in total. The van der Waals surface area contributed by atoms with Crippen molar-refractivity contribution in [1.82, 2.24) is 15.4 Å². The van der Waals surface area contributed by atoms with Gasteiger partial charge in [0.25, 0.3) is 5.91 Å². The van der Waals surface area contributed by atoms with E-state index in [4.69, 9.17) is 0 Å². The lowest BCUT2D eigenvalue weighted by atomic mass is 10.1. The summed E-state index contributed by atoms with van der Waals surface area (Å²) in [5.41, 5.74) is 5.41. The Bertz CT molecular complexity index is 847. The Labute approximate surface area is 168 Å². The third-order valence-corrected chi connectivity index (χ3v) is 5.21. The standard InChI is InChI=1S/C20H24FN5OS/c1-14-10-15(2)24-20(23-14)28-13-19(27)25-22-12-16-6-7-18(17(21)11-16)26-8-4-3-5-9-26/h6-7,10-12H,3-5,8-9,13H2,1-2H3,(H,25,27)/b22-12-. The lowest BCUT2D eigenvalue weighted by molar-refractivity contribution is -0.118. The van der Waals surface area contributed by atoms with Crippen LogP contribution in [0.2, 0.25) is 0 Å². The molecule has 0 atom stereocenters. The number of piperidine rings is 1. The molecule has 8 heteroatoms. The molecule has 1 aliphatic rings. The van der Waals surface area contributed by atoms with Gasteiger partial charge in [0.15, 0.2) is 5.16 Å². The molecular formula is C20H24FN5OS. The maximum atomic E-state index is 14.4. The van der Waals surface area contributed by atoms with Gasteiger partial charge in [0.05, 0.1) is 17.7 Å². The molecule has 1 aromatic heterocycles. The summed E-state index contributed by atoms with van der Waals surface area (Å²) in [6.07, 6.45) is 4.84. The number of nitrogens with one attached hydrogen (secondary N) is 1. The van der Waals surface area contributed by atoms with Gasteiger partial charge in [-0.05, 0) is 56.9 Å². The van der Waals surface area contributed by atoms with Crippen LogP contribution in [0.5, 0.6) is 0 Å². The molecule has 0 unspecified atom stereocenters. The Morgan fingerprint density at radius 3 is 2.61 bits per heavy atom. The first-order valence-electron chi connectivity index (χ1n) is 9.33. The quantitative estimate of drug-likeness (QED) is 0.347. The molecule has 1 amide bonds. The number of amides is 1. The minimum Gasteiger partial charge on any atom is -0.369 e. The van der Waals surface area contributed by atoms with Gasteiger partial charge >= 0.3 is 0 Å². The van der Waals surface area contributed by atoms with Crippen LogP contribution in [0.15, 0.2) is 34.5 Å². The van der Waals surface area contributed by atoms with Crippen molar-refractivity contribution in [2.24, 2.45) is 5.10 Å². The minimum absolute atomic E-state index is 0.155. The number of carbonyl (C=O) groups excluding carboxylic acids is 1. The predicted molar refractivity (Wildman–Crippen MR) is 110 cm³/mol. The summed E-state index contributed by atoms with van der Waals surface area (Å²) in [4.78, 5) is 22.6. The average molecular weight is 402 g/mol. The molecule has 1 saturated heterocycles. The summed E-state index contributed by atoms with van der Waals surface area (Å²) in [6, 6.07) is 6.90. The van der Waals surface area contributed by atoms with Crippen LogP contribution in [0.3, 0.4) is 0 Å². The zero-order valence-electron chi connectivity index (χ0n) is 16.1. The third kappa shape index (κ3) is 5.76. The fourth-order valence-corrected chi connectivity index (χ4v) is 3.84. The van der Waals surface area contributed by atoms with Crippen molar-refractivity contribution < 1.29 is 9.18 Å². The average Bonchev–Trinajstić information content (AvgIpc) is 2.66. The first-order valence-corrected chi connectivity index (χ1v) is 10.3. The highest BCUT2D eigenvalue weighted by Gasteiger charge is 2.14. The van der Waals surface area contributed by atoms with Gasteiger partial charge in [-0.15, -0.1) is 0 Å². The number of halogens is 1. The fourth-order valence-electron chi connectivity index (χ4n) is 3.09. The Hall–Kier alpha value is -2.48. The third-order valence-electron chi connectivity index (χ3n) is 4.37. The van der Waals surface area contributed by atoms with E-state index < -0.39 is 0 Å². The Balaban J connectivity index is 1.51. The lowest BCUT2D eigenvalue weighted by Crippen LogP contribution is -2.30. The van der Waals surface area contributed by atoms with Crippen molar-refractivity contribution >= 4 is 29.6 Å². The van der Waals surface area contributed by atoms with E-state index in [0.717, 1.165) is 37.3 Å². The Morgan fingerprint density at radius 1 is 1.21 bits per heavy atom. The van der Waals surface area contributed by atoms with Crippen LogP contribution in [0.25, 0.3) is 0 Å². The van der Waals surface area contributed by atoms with Gasteiger partial charge in [0.1, 0.15) is 5.82 Å². The van der Waals surface area contributed by atoms with Gasteiger partial charge < -0.3 is 4.90 Å². The number of benzene rings is 1. The SMILES string of the molecule is Cc1cc(C)nc(SCC(=O)N/N=C\c2ccc(N3CCCCC3)c(F)c2)n1. The molecule has 0 saturated carbocycles. The molecule has 2 aromatic rings. The predicted octanol–water partition coefficient (Wildman–Crippen LogP) is 3.47. The van der Waals surface area contributed by atoms with Crippen LogP contribution in [0.4, 0.5) is 10.1 Å². The molecule has 0 bridgehead atoms. The van der Waals surface area contributed by atoms with Gasteiger partial charge in [0.2, 0.25) is 0 Å². The minimum atomic E-state index is -0.269. The Morgan fingerprint density at radius 2 is 1.93 bits per heavy atom. The second-order valence-electron chi connectivity index (χ2n) is 6.77. The highest BCUT2D eigenvalue weighted by atomic mass is 32.2. The van der Waals surface area contributed by atoms with E-state index >= 15 is 0 Å². The van der Waals surface area contributed by atoms with Gasteiger partial charge in [0, 0.05) is 24.5 Å². The zero-order chi connectivity index (χ0) is 19.9. The second-order valence-corrected chi connectivity index (χ2v) is 7.72. The molecule has 1 N–H and O–H groups in total. The van der Waals surface area contributed by atoms with Crippen LogP contribution in [0, 0.1) is 19.7 Å². The van der Waals surface area contributed by atoms with E-state index in [9.17, 15) is 9.18 Å². The molecule has 148 valence electrons. The number of aromatic nitrogens is 2. The van der Waals surface area contributed by atoms with Gasteiger partial charge in [-0.25, -0.2) is 19.8 Å².